The molecule has 0 fully saturated rings. The van der Waals surface area contributed by atoms with E-state index in [9.17, 15) is 0 Å². The molecule has 1 atom stereocenters. The van der Waals surface area contributed by atoms with Crippen LogP contribution in [0.1, 0.15) is 63.5 Å². The van der Waals surface area contributed by atoms with Gasteiger partial charge >= 0.3 is 0 Å². The van der Waals surface area contributed by atoms with Gasteiger partial charge in [0.25, 0.3) is 0 Å². The molecule has 0 spiro atoms. The van der Waals surface area contributed by atoms with Crippen LogP contribution in [0.2, 0.25) is 0 Å². The summed E-state index contributed by atoms with van der Waals surface area (Å²) in [4.78, 5) is 0. The standard InChI is InChI=1S/C22H30N4O/c1-22(2,3)21(18-15-16-9-6-7-10-17(16)27-18)23-13-12-20-25-24-19-11-5-4-8-14-26(19)20/h6-7,9-10,15,21,23H,4-5,8,11-14H2,1-3H3/t21-/m1/s1. The van der Waals surface area contributed by atoms with Crippen LogP contribution < -0.4 is 5.32 Å². The van der Waals surface area contributed by atoms with Gasteiger partial charge in [0, 0.05) is 31.3 Å². The quantitative estimate of drug-likeness (QED) is 0.713. The Kier molecular flexibility index (Phi) is 5.04. The van der Waals surface area contributed by atoms with Crippen molar-refractivity contribution in [1.29, 1.82) is 0 Å². The third-order valence-corrected chi connectivity index (χ3v) is 5.48. The number of furan rings is 1. The van der Waals surface area contributed by atoms with Crippen molar-refractivity contribution >= 4 is 11.0 Å². The van der Waals surface area contributed by atoms with Gasteiger partial charge in [-0.3, -0.25) is 0 Å². The molecule has 1 aliphatic rings. The van der Waals surface area contributed by atoms with E-state index in [-0.39, 0.29) is 11.5 Å². The van der Waals surface area contributed by atoms with Crippen LogP contribution in [-0.2, 0) is 19.4 Å². The SMILES string of the molecule is CC(C)(C)[C@H](NCCc1nnc2n1CCCCC2)c1cc2ccccc2o1. The number of aromatic nitrogens is 3. The number of hydrogen-bond acceptors (Lipinski definition) is 4. The molecular weight excluding hydrogens is 336 g/mol. The topological polar surface area (TPSA) is 55.9 Å². The molecule has 5 heteroatoms. The van der Waals surface area contributed by atoms with Crippen molar-refractivity contribution in [3.63, 3.8) is 0 Å². The molecule has 0 bridgehead atoms. The minimum atomic E-state index is 0.0512. The van der Waals surface area contributed by atoms with Crippen LogP contribution in [0.4, 0.5) is 0 Å². The van der Waals surface area contributed by atoms with Gasteiger partial charge in [-0.15, -0.1) is 10.2 Å². The van der Waals surface area contributed by atoms with Gasteiger partial charge in [-0.25, -0.2) is 0 Å². The second kappa shape index (κ2) is 7.47. The second-order valence-electron chi connectivity index (χ2n) is 8.68. The summed E-state index contributed by atoms with van der Waals surface area (Å²) in [5, 5.41) is 13.8. The van der Waals surface area contributed by atoms with E-state index in [0.717, 1.165) is 54.3 Å². The fraction of sp³-hybridized carbons (Fsp3) is 0.545. The Morgan fingerprint density at radius 1 is 1.15 bits per heavy atom. The summed E-state index contributed by atoms with van der Waals surface area (Å²) < 4.78 is 8.49. The fourth-order valence-corrected chi connectivity index (χ4v) is 4.04. The van der Waals surface area contributed by atoms with Crippen LogP contribution in [-0.4, -0.2) is 21.3 Å². The Labute approximate surface area is 161 Å². The maximum atomic E-state index is 6.16. The van der Waals surface area contributed by atoms with Gasteiger partial charge < -0.3 is 14.3 Å². The summed E-state index contributed by atoms with van der Waals surface area (Å²) in [6.45, 7) is 8.67. The molecule has 2 aromatic heterocycles. The van der Waals surface area contributed by atoms with Crippen LogP contribution in [0.3, 0.4) is 0 Å². The molecule has 1 aromatic carbocycles. The first-order valence-corrected chi connectivity index (χ1v) is 10.2. The summed E-state index contributed by atoms with van der Waals surface area (Å²) >= 11 is 0. The number of para-hydroxylation sites is 1. The van der Waals surface area contributed by atoms with Crippen molar-refractivity contribution in [2.75, 3.05) is 6.54 Å². The number of benzene rings is 1. The summed E-state index contributed by atoms with van der Waals surface area (Å²) in [5.41, 5.74) is 1.00. The predicted octanol–water partition coefficient (Wildman–Crippen LogP) is 4.67. The van der Waals surface area contributed by atoms with E-state index >= 15 is 0 Å². The average molecular weight is 367 g/mol. The summed E-state index contributed by atoms with van der Waals surface area (Å²) in [5.74, 6) is 3.27. The summed E-state index contributed by atoms with van der Waals surface area (Å²) in [6.07, 6.45) is 5.70. The van der Waals surface area contributed by atoms with Gasteiger partial charge in [-0.05, 0) is 30.4 Å². The normalized spacial score (nSPS) is 16.3. The van der Waals surface area contributed by atoms with Gasteiger partial charge in [-0.1, -0.05) is 45.4 Å². The molecule has 5 nitrogen and oxygen atoms in total. The molecular formula is C22H30N4O. The van der Waals surface area contributed by atoms with Crippen LogP contribution in [0.15, 0.2) is 34.7 Å². The van der Waals surface area contributed by atoms with Gasteiger partial charge in [0.1, 0.15) is 23.0 Å². The van der Waals surface area contributed by atoms with E-state index < -0.39 is 0 Å². The summed E-state index contributed by atoms with van der Waals surface area (Å²) in [7, 11) is 0. The maximum absolute atomic E-state index is 6.16. The lowest BCUT2D eigenvalue weighted by Gasteiger charge is -2.30. The van der Waals surface area contributed by atoms with Crippen molar-refractivity contribution in [3.8, 4) is 0 Å². The Bertz CT molecular complexity index is 870. The fourth-order valence-electron chi connectivity index (χ4n) is 4.04. The number of hydrogen-bond donors (Lipinski definition) is 1. The molecule has 3 heterocycles. The molecule has 1 N–H and O–H groups in total. The first kappa shape index (κ1) is 18.2. The molecule has 4 rings (SSSR count). The first-order chi connectivity index (χ1) is 13.0. The van der Waals surface area contributed by atoms with Crippen LogP contribution in [0, 0.1) is 5.41 Å². The zero-order valence-electron chi connectivity index (χ0n) is 16.7. The van der Waals surface area contributed by atoms with E-state index in [1.165, 1.54) is 19.3 Å². The van der Waals surface area contributed by atoms with E-state index in [2.05, 4.69) is 59.1 Å². The third kappa shape index (κ3) is 3.93. The molecule has 0 saturated heterocycles. The van der Waals surface area contributed by atoms with E-state index in [1.54, 1.807) is 0 Å². The Morgan fingerprint density at radius 2 is 2.00 bits per heavy atom. The molecule has 0 aliphatic carbocycles. The monoisotopic (exact) mass is 366 g/mol. The molecule has 0 amide bonds. The molecule has 3 aromatic rings. The molecule has 27 heavy (non-hydrogen) atoms. The van der Waals surface area contributed by atoms with Crippen molar-refractivity contribution in [2.45, 2.75) is 65.5 Å². The van der Waals surface area contributed by atoms with Crippen LogP contribution in [0.5, 0.6) is 0 Å². The van der Waals surface area contributed by atoms with Crippen LogP contribution >= 0.6 is 0 Å². The van der Waals surface area contributed by atoms with E-state index in [4.69, 9.17) is 4.42 Å². The zero-order valence-corrected chi connectivity index (χ0v) is 16.7. The molecule has 144 valence electrons. The third-order valence-electron chi connectivity index (χ3n) is 5.48. The van der Waals surface area contributed by atoms with Crippen molar-refractivity contribution < 1.29 is 4.42 Å². The lowest BCUT2D eigenvalue weighted by molar-refractivity contribution is 0.242. The van der Waals surface area contributed by atoms with Gasteiger partial charge in [0.2, 0.25) is 0 Å². The molecule has 1 aliphatic heterocycles. The lowest BCUT2D eigenvalue weighted by atomic mass is 9.85. The number of rotatable bonds is 5. The zero-order chi connectivity index (χ0) is 18.9. The molecule has 0 radical (unpaired) electrons. The van der Waals surface area contributed by atoms with Gasteiger partial charge in [0.05, 0.1) is 6.04 Å². The molecule has 0 unspecified atom stereocenters. The maximum Gasteiger partial charge on any atom is 0.134 e. The van der Waals surface area contributed by atoms with Crippen LogP contribution in [0.25, 0.3) is 11.0 Å². The highest BCUT2D eigenvalue weighted by molar-refractivity contribution is 5.77. The number of nitrogens with one attached hydrogen (secondary N) is 1. The smallest absolute Gasteiger partial charge is 0.134 e. The van der Waals surface area contributed by atoms with E-state index in [0.29, 0.717) is 0 Å². The number of fused-ring (bicyclic) bond motifs is 2. The first-order valence-electron chi connectivity index (χ1n) is 10.2. The highest BCUT2D eigenvalue weighted by atomic mass is 16.3. The Morgan fingerprint density at radius 3 is 2.81 bits per heavy atom. The number of nitrogens with zero attached hydrogens (tertiary/aromatic N) is 3. The van der Waals surface area contributed by atoms with Crippen molar-refractivity contribution in [3.05, 3.63) is 47.7 Å². The van der Waals surface area contributed by atoms with Gasteiger partial charge in [0.15, 0.2) is 0 Å². The minimum absolute atomic E-state index is 0.0512. The highest BCUT2D eigenvalue weighted by Gasteiger charge is 2.29. The summed E-state index contributed by atoms with van der Waals surface area (Å²) in [6, 6.07) is 10.5. The minimum Gasteiger partial charge on any atom is -0.459 e. The highest BCUT2D eigenvalue weighted by Crippen LogP contribution is 2.35. The van der Waals surface area contributed by atoms with Gasteiger partial charge in [-0.2, -0.15) is 0 Å². The largest absolute Gasteiger partial charge is 0.459 e. The lowest BCUT2D eigenvalue weighted by Crippen LogP contribution is -2.33. The predicted molar refractivity (Wildman–Crippen MR) is 108 cm³/mol. The Hall–Kier alpha value is -2.14. The second-order valence-corrected chi connectivity index (χ2v) is 8.68. The average Bonchev–Trinajstić information content (AvgIpc) is 3.14. The number of aryl methyl sites for hydroxylation is 1. The van der Waals surface area contributed by atoms with Crippen molar-refractivity contribution in [2.24, 2.45) is 5.41 Å². The van der Waals surface area contributed by atoms with E-state index in [1.807, 2.05) is 12.1 Å². The Balaban J connectivity index is 1.48. The van der Waals surface area contributed by atoms with Crippen molar-refractivity contribution in [1.82, 2.24) is 20.1 Å². The molecule has 0 saturated carbocycles.